The van der Waals surface area contributed by atoms with Crippen molar-refractivity contribution in [2.45, 2.75) is 39.7 Å². The number of aryl methyl sites for hydroxylation is 2. The topological polar surface area (TPSA) is 54.2 Å². The van der Waals surface area contributed by atoms with Crippen LogP contribution in [0, 0.1) is 6.92 Å². The van der Waals surface area contributed by atoms with Gasteiger partial charge in [-0.25, -0.2) is 4.98 Å². The van der Waals surface area contributed by atoms with Gasteiger partial charge in [-0.15, -0.1) is 0 Å². The van der Waals surface area contributed by atoms with Gasteiger partial charge in [0, 0.05) is 26.7 Å². The normalized spacial score (nSPS) is 11.9. The number of aliphatic imine (C=N–C) groups is 1. The highest BCUT2D eigenvalue weighted by Gasteiger charge is 2.06. The number of rotatable bonds is 7. The molecule has 0 aliphatic rings. The lowest BCUT2D eigenvalue weighted by Gasteiger charge is -2.12. The average molecular weight is 301 g/mol. The van der Waals surface area contributed by atoms with Crippen molar-refractivity contribution in [2.24, 2.45) is 4.99 Å². The SMILES string of the molecule is CCCCNC(=NC)NCCCn1c(C)nc2ccccc21. The van der Waals surface area contributed by atoms with E-state index in [0.29, 0.717) is 0 Å². The van der Waals surface area contributed by atoms with E-state index < -0.39 is 0 Å². The van der Waals surface area contributed by atoms with E-state index >= 15 is 0 Å². The summed E-state index contributed by atoms with van der Waals surface area (Å²) in [4.78, 5) is 8.84. The number of hydrogen-bond acceptors (Lipinski definition) is 2. The second-order valence-electron chi connectivity index (χ2n) is 5.43. The zero-order chi connectivity index (χ0) is 15.8. The van der Waals surface area contributed by atoms with Gasteiger partial charge >= 0.3 is 0 Å². The molecule has 0 spiro atoms. The average Bonchev–Trinajstić information content (AvgIpc) is 2.85. The number of nitrogens with one attached hydrogen (secondary N) is 2. The van der Waals surface area contributed by atoms with Crippen molar-refractivity contribution in [3.05, 3.63) is 30.1 Å². The first-order chi connectivity index (χ1) is 10.8. The summed E-state index contributed by atoms with van der Waals surface area (Å²) < 4.78 is 2.28. The molecule has 120 valence electrons. The second kappa shape index (κ2) is 8.41. The molecule has 1 aromatic heterocycles. The molecule has 0 bridgehead atoms. The van der Waals surface area contributed by atoms with Crippen LogP contribution in [-0.2, 0) is 6.54 Å². The molecule has 22 heavy (non-hydrogen) atoms. The molecule has 2 rings (SSSR count). The molecule has 5 heteroatoms. The van der Waals surface area contributed by atoms with Gasteiger partial charge in [0.05, 0.1) is 11.0 Å². The fourth-order valence-corrected chi connectivity index (χ4v) is 2.53. The maximum Gasteiger partial charge on any atom is 0.190 e. The van der Waals surface area contributed by atoms with Crippen molar-refractivity contribution >= 4 is 17.0 Å². The summed E-state index contributed by atoms with van der Waals surface area (Å²) in [6, 6.07) is 8.30. The predicted octanol–water partition coefficient (Wildman–Crippen LogP) is 2.70. The number of para-hydroxylation sites is 2. The fourth-order valence-electron chi connectivity index (χ4n) is 2.53. The van der Waals surface area contributed by atoms with Crippen molar-refractivity contribution in [2.75, 3.05) is 20.1 Å². The van der Waals surface area contributed by atoms with Gasteiger partial charge in [0.15, 0.2) is 5.96 Å². The third-order valence-electron chi connectivity index (χ3n) is 3.74. The van der Waals surface area contributed by atoms with E-state index in [0.717, 1.165) is 43.4 Å². The van der Waals surface area contributed by atoms with Crippen LogP contribution in [0.1, 0.15) is 32.0 Å². The highest BCUT2D eigenvalue weighted by atomic mass is 15.2. The molecule has 0 unspecified atom stereocenters. The smallest absolute Gasteiger partial charge is 0.190 e. The standard InChI is InChI=1S/C17H27N5/c1-4-5-11-19-17(18-3)20-12-8-13-22-14(2)21-15-9-6-7-10-16(15)22/h6-7,9-10H,4-5,8,11-13H2,1-3H3,(H2,18,19,20). The van der Waals surface area contributed by atoms with Crippen LogP contribution < -0.4 is 10.6 Å². The van der Waals surface area contributed by atoms with E-state index in [2.05, 4.69) is 57.2 Å². The molecule has 0 saturated carbocycles. The number of unbranched alkanes of at least 4 members (excludes halogenated alkanes) is 1. The molecule has 5 nitrogen and oxygen atoms in total. The summed E-state index contributed by atoms with van der Waals surface area (Å²) in [5.41, 5.74) is 2.29. The molecule has 0 aliphatic carbocycles. The van der Waals surface area contributed by atoms with Crippen LogP contribution in [0.2, 0.25) is 0 Å². The summed E-state index contributed by atoms with van der Waals surface area (Å²) in [5, 5.41) is 6.69. The Kier molecular flexibility index (Phi) is 6.25. The summed E-state index contributed by atoms with van der Waals surface area (Å²) in [5.74, 6) is 1.97. The first-order valence-electron chi connectivity index (χ1n) is 8.12. The number of benzene rings is 1. The Bertz CT molecular complexity index is 615. The highest BCUT2D eigenvalue weighted by molar-refractivity contribution is 5.79. The van der Waals surface area contributed by atoms with Gasteiger partial charge in [-0.2, -0.15) is 0 Å². The monoisotopic (exact) mass is 301 g/mol. The van der Waals surface area contributed by atoms with Gasteiger partial charge in [0.1, 0.15) is 5.82 Å². The molecule has 2 aromatic rings. The van der Waals surface area contributed by atoms with E-state index in [9.17, 15) is 0 Å². The Morgan fingerprint density at radius 1 is 1.18 bits per heavy atom. The number of nitrogens with zero attached hydrogens (tertiary/aromatic N) is 3. The minimum atomic E-state index is 0.890. The van der Waals surface area contributed by atoms with Crippen molar-refractivity contribution in [3.63, 3.8) is 0 Å². The fraction of sp³-hybridized carbons (Fsp3) is 0.529. The lowest BCUT2D eigenvalue weighted by atomic mass is 10.3. The van der Waals surface area contributed by atoms with Crippen LogP contribution in [0.15, 0.2) is 29.3 Å². The Morgan fingerprint density at radius 3 is 2.64 bits per heavy atom. The van der Waals surface area contributed by atoms with Crippen molar-refractivity contribution in [1.82, 2.24) is 20.2 Å². The molecule has 0 fully saturated rings. The van der Waals surface area contributed by atoms with Gasteiger partial charge < -0.3 is 15.2 Å². The highest BCUT2D eigenvalue weighted by Crippen LogP contribution is 2.15. The van der Waals surface area contributed by atoms with Crippen molar-refractivity contribution < 1.29 is 0 Å². The third-order valence-corrected chi connectivity index (χ3v) is 3.74. The number of hydrogen-bond donors (Lipinski definition) is 2. The van der Waals surface area contributed by atoms with Gasteiger partial charge in [-0.3, -0.25) is 4.99 Å². The summed E-state index contributed by atoms with van der Waals surface area (Å²) in [6.07, 6.45) is 3.40. The minimum Gasteiger partial charge on any atom is -0.356 e. The molecule has 1 aromatic carbocycles. The Labute approximate surface area is 132 Å². The predicted molar refractivity (Wildman–Crippen MR) is 93.4 cm³/mol. The molecule has 1 heterocycles. The zero-order valence-electron chi connectivity index (χ0n) is 13.9. The molecule has 0 atom stereocenters. The summed E-state index contributed by atoms with van der Waals surface area (Å²) in [7, 11) is 1.81. The van der Waals surface area contributed by atoms with Crippen LogP contribution in [-0.4, -0.2) is 35.6 Å². The van der Waals surface area contributed by atoms with Crippen LogP contribution in [0.3, 0.4) is 0 Å². The summed E-state index contributed by atoms with van der Waals surface area (Å²) >= 11 is 0. The third kappa shape index (κ3) is 4.23. The van der Waals surface area contributed by atoms with E-state index in [1.54, 1.807) is 0 Å². The zero-order valence-corrected chi connectivity index (χ0v) is 13.9. The number of aromatic nitrogens is 2. The first kappa shape index (κ1) is 16.3. The number of imidazole rings is 1. The summed E-state index contributed by atoms with van der Waals surface area (Å²) in [6.45, 7) is 7.10. The Hall–Kier alpha value is -2.04. The Balaban J connectivity index is 1.81. The quantitative estimate of drug-likeness (QED) is 0.470. The maximum absolute atomic E-state index is 4.60. The lowest BCUT2D eigenvalue weighted by Crippen LogP contribution is -2.38. The van der Waals surface area contributed by atoms with Crippen LogP contribution >= 0.6 is 0 Å². The van der Waals surface area contributed by atoms with Crippen molar-refractivity contribution in [1.29, 1.82) is 0 Å². The largest absolute Gasteiger partial charge is 0.356 e. The second-order valence-corrected chi connectivity index (χ2v) is 5.43. The van der Waals surface area contributed by atoms with Gasteiger partial charge in [0.2, 0.25) is 0 Å². The molecule has 2 N–H and O–H groups in total. The van der Waals surface area contributed by atoms with Crippen LogP contribution in [0.4, 0.5) is 0 Å². The molecule has 0 saturated heterocycles. The number of guanidine groups is 1. The van der Waals surface area contributed by atoms with Gasteiger partial charge in [-0.05, 0) is 31.9 Å². The van der Waals surface area contributed by atoms with Crippen LogP contribution in [0.25, 0.3) is 11.0 Å². The lowest BCUT2D eigenvalue weighted by molar-refractivity contribution is 0.622. The molecule has 0 amide bonds. The minimum absolute atomic E-state index is 0.890. The molecule has 0 aliphatic heterocycles. The molecular weight excluding hydrogens is 274 g/mol. The van der Waals surface area contributed by atoms with E-state index in [4.69, 9.17) is 0 Å². The first-order valence-corrected chi connectivity index (χ1v) is 8.12. The van der Waals surface area contributed by atoms with E-state index in [1.165, 1.54) is 18.4 Å². The number of fused-ring (bicyclic) bond motifs is 1. The Morgan fingerprint density at radius 2 is 1.91 bits per heavy atom. The maximum atomic E-state index is 4.60. The molecule has 0 radical (unpaired) electrons. The molecular formula is C17H27N5. The van der Waals surface area contributed by atoms with Gasteiger partial charge in [-0.1, -0.05) is 25.5 Å². The van der Waals surface area contributed by atoms with Crippen LogP contribution in [0.5, 0.6) is 0 Å². The van der Waals surface area contributed by atoms with Gasteiger partial charge in [0.25, 0.3) is 0 Å². The van der Waals surface area contributed by atoms with E-state index in [1.807, 2.05) is 13.1 Å². The van der Waals surface area contributed by atoms with E-state index in [-0.39, 0.29) is 0 Å². The van der Waals surface area contributed by atoms with Crippen molar-refractivity contribution in [3.8, 4) is 0 Å².